The summed E-state index contributed by atoms with van der Waals surface area (Å²) in [5, 5.41) is 23.3. The van der Waals surface area contributed by atoms with E-state index < -0.39 is 10.9 Å². The minimum absolute atomic E-state index is 0.0806. The van der Waals surface area contributed by atoms with Crippen molar-refractivity contribution in [3.05, 3.63) is 50.5 Å². The zero-order valence-electron chi connectivity index (χ0n) is 8.57. The third kappa shape index (κ3) is 2.34. The third-order valence-electron chi connectivity index (χ3n) is 2.25. The minimum atomic E-state index is -1.17. The number of rotatable bonds is 4. The predicted molar refractivity (Wildman–Crippen MR) is 61.5 cm³/mol. The summed E-state index contributed by atoms with van der Waals surface area (Å²) in [5.74, 6) is -1.17. The monoisotopic (exact) mass is 252 g/mol. The van der Waals surface area contributed by atoms with Gasteiger partial charge in [0.2, 0.25) is 0 Å². The molecule has 0 aliphatic rings. The van der Waals surface area contributed by atoms with E-state index in [0.717, 1.165) is 11.6 Å². The molecule has 0 atom stereocenters. The van der Waals surface area contributed by atoms with E-state index in [-0.39, 0.29) is 11.4 Å². The van der Waals surface area contributed by atoms with Crippen LogP contribution in [-0.4, -0.2) is 20.6 Å². The Kier molecular flexibility index (Phi) is 2.92. The van der Waals surface area contributed by atoms with Gasteiger partial charge in [0.15, 0.2) is 0 Å². The van der Waals surface area contributed by atoms with Gasteiger partial charge < -0.3 is 9.67 Å². The maximum Gasteiger partial charge on any atom is 0.352 e. The predicted octanol–water partition coefficient (Wildman–Crippen LogP) is 2.20. The summed E-state index contributed by atoms with van der Waals surface area (Å²) in [5.41, 5.74) is 0.628. The van der Waals surface area contributed by atoms with E-state index in [1.54, 1.807) is 0 Å². The molecule has 0 amide bonds. The molecule has 1 N–H and O–H groups in total. The Morgan fingerprint density at radius 2 is 2.35 bits per heavy atom. The standard InChI is InChI=1S/C10H8N2O4S/c13-10(14)9-3-8(12(15)16)5-11(9)4-7-1-2-17-6-7/h1-3,5-6H,4H2,(H,13,14). The molecule has 2 heterocycles. The lowest BCUT2D eigenvalue weighted by atomic mass is 10.3. The number of carboxylic acid groups (broad SMARTS) is 1. The van der Waals surface area contributed by atoms with Gasteiger partial charge in [-0.1, -0.05) is 0 Å². The van der Waals surface area contributed by atoms with Gasteiger partial charge >= 0.3 is 5.97 Å². The molecule has 0 aromatic carbocycles. The molecular weight excluding hydrogens is 244 g/mol. The van der Waals surface area contributed by atoms with Crippen LogP contribution in [0.25, 0.3) is 0 Å². The highest BCUT2D eigenvalue weighted by molar-refractivity contribution is 7.07. The number of aromatic nitrogens is 1. The van der Waals surface area contributed by atoms with Crippen LogP contribution in [-0.2, 0) is 6.54 Å². The maximum absolute atomic E-state index is 10.9. The summed E-state index contributed by atoms with van der Waals surface area (Å²) in [6.45, 7) is 0.318. The van der Waals surface area contributed by atoms with Crippen molar-refractivity contribution >= 4 is 23.0 Å². The topological polar surface area (TPSA) is 85.4 Å². The number of nitrogens with zero attached hydrogens (tertiary/aromatic N) is 2. The van der Waals surface area contributed by atoms with E-state index in [4.69, 9.17) is 5.11 Å². The molecule has 6 nitrogen and oxygen atoms in total. The number of carbonyl (C=O) groups is 1. The van der Waals surface area contributed by atoms with E-state index in [9.17, 15) is 14.9 Å². The number of nitro groups is 1. The molecule has 0 saturated heterocycles. The van der Waals surface area contributed by atoms with Gasteiger partial charge in [0, 0.05) is 12.6 Å². The fraction of sp³-hybridized carbons (Fsp3) is 0.100. The molecule has 0 spiro atoms. The fourth-order valence-electron chi connectivity index (χ4n) is 1.48. The Balaban J connectivity index is 2.37. The lowest BCUT2D eigenvalue weighted by molar-refractivity contribution is -0.384. The van der Waals surface area contributed by atoms with Crippen LogP contribution in [0.4, 0.5) is 5.69 Å². The molecule has 2 aromatic rings. The summed E-state index contributed by atoms with van der Waals surface area (Å²) in [6, 6.07) is 2.91. The van der Waals surface area contributed by atoms with Crippen molar-refractivity contribution < 1.29 is 14.8 Å². The van der Waals surface area contributed by atoms with E-state index >= 15 is 0 Å². The highest BCUT2D eigenvalue weighted by Gasteiger charge is 2.18. The van der Waals surface area contributed by atoms with E-state index in [2.05, 4.69) is 0 Å². The molecule has 0 unspecified atom stereocenters. The number of thiophene rings is 1. The number of hydrogen-bond acceptors (Lipinski definition) is 4. The first-order valence-corrected chi connectivity index (χ1v) is 5.61. The smallest absolute Gasteiger partial charge is 0.352 e. The molecule has 17 heavy (non-hydrogen) atoms. The largest absolute Gasteiger partial charge is 0.477 e. The van der Waals surface area contributed by atoms with Gasteiger partial charge in [-0.15, -0.1) is 0 Å². The quantitative estimate of drug-likeness (QED) is 0.667. The number of hydrogen-bond donors (Lipinski definition) is 1. The normalized spacial score (nSPS) is 10.4. The van der Waals surface area contributed by atoms with Crippen LogP contribution in [0.1, 0.15) is 16.1 Å². The Hall–Kier alpha value is -2.15. The molecule has 88 valence electrons. The lowest BCUT2D eigenvalue weighted by Crippen LogP contribution is -2.07. The van der Waals surface area contributed by atoms with Gasteiger partial charge in [-0.25, -0.2) is 4.79 Å². The van der Waals surface area contributed by atoms with Crippen LogP contribution in [0.5, 0.6) is 0 Å². The van der Waals surface area contributed by atoms with Crippen molar-refractivity contribution in [2.24, 2.45) is 0 Å². The molecule has 0 saturated carbocycles. The van der Waals surface area contributed by atoms with Gasteiger partial charge in [-0.2, -0.15) is 11.3 Å². The summed E-state index contributed by atoms with van der Waals surface area (Å²) in [7, 11) is 0. The van der Waals surface area contributed by atoms with Gasteiger partial charge in [-0.05, 0) is 22.4 Å². The summed E-state index contributed by atoms with van der Waals surface area (Å²) >= 11 is 1.49. The maximum atomic E-state index is 10.9. The second-order valence-corrected chi connectivity index (χ2v) is 4.19. The molecule has 0 bridgehead atoms. The van der Waals surface area contributed by atoms with Crippen LogP contribution in [0.2, 0.25) is 0 Å². The fourth-order valence-corrected chi connectivity index (χ4v) is 2.14. The van der Waals surface area contributed by atoms with Crippen molar-refractivity contribution in [3.8, 4) is 0 Å². The highest BCUT2D eigenvalue weighted by atomic mass is 32.1. The molecule has 0 radical (unpaired) electrons. The van der Waals surface area contributed by atoms with Crippen molar-refractivity contribution in [1.29, 1.82) is 0 Å². The van der Waals surface area contributed by atoms with Gasteiger partial charge in [0.1, 0.15) is 5.69 Å². The van der Waals surface area contributed by atoms with Crippen molar-refractivity contribution in [1.82, 2.24) is 4.57 Å². The van der Waals surface area contributed by atoms with Crippen LogP contribution >= 0.6 is 11.3 Å². The summed E-state index contributed by atoms with van der Waals surface area (Å²) < 4.78 is 1.36. The van der Waals surface area contributed by atoms with Crippen molar-refractivity contribution in [2.75, 3.05) is 0 Å². The molecule has 2 rings (SSSR count). The number of carboxylic acids is 1. The van der Waals surface area contributed by atoms with Crippen molar-refractivity contribution in [2.45, 2.75) is 6.54 Å². The molecule has 0 aliphatic carbocycles. The number of aromatic carboxylic acids is 1. The van der Waals surface area contributed by atoms with Crippen LogP contribution in [0.15, 0.2) is 29.1 Å². The van der Waals surface area contributed by atoms with Crippen LogP contribution in [0, 0.1) is 10.1 Å². The summed E-state index contributed by atoms with van der Waals surface area (Å²) in [4.78, 5) is 20.9. The molecule has 2 aromatic heterocycles. The van der Waals surface area contributed by atoms with Crippen LogP contribution < -0.4 is 0 Å². The first-order chi connectivity index (χ1) is 8.08. The Labute approximate surface area is 99.9 Å². The van der Waals surface area contributed by atoms with E-state index in [1.807, 2.05) is 16.8 Å². The van der Waals surface area contributed by atoms with Crippen LogP contribution in [0.3, 0.4) is 0 Å². The third-order valence-corrected chi connectivity index (χ3v) is 2.98. The SMILES string of the molecule is O=C(O)c1cc([N+](=O)[O-])cn1Cc1ccsc1. The summed E-state index contributed by atoms with van der Waals surface area (Å²) in [6.07, 6.45) is 1.24. The van der Waals surface area contributed by atoms with E-state index in [0.29, 0.717) is 6.54 Å². The zero-order chi connectivity index (χ0) is 12.4. The average molecular weight is 252 g/mol. The van der Waals surface area contributed by atoms with E-state index in [1.165, 1.54) is 22.1 Å². The van der Waals surface area contributed by atoms with Crippen molar-refractivity contribution in [3.63, 3.8) is 0 Å². The van der Waals surface area contributed by atoms with Gasteiger partial charge in [0.25, 0.3) is 5.69 Å². The molecular formula is C10H8N2O4S. The minimum Gasteiger partial charge on any atom is -0.477 e. The Bertz CT molecular complexity index is 559. The van der Waals surface area contributed by atoms with Gasteiger partial charge in [-0.3, -0.25) is 10.1 Å². The lowest BCUT2D eigenvalue weighted by Gasteiger charge is -2.02. The molecule has 7 heteroatoms. The molecule has 0 fully saturated rings. The highest BCUT2D eigenvalue weighted by Crippen LogP contribution is 2.18. The Morgan fingerprint density at radius 3 is 2.88 bits per heavy atom. The first-order valence-electron chi connectivity index (χ1n) is 4.67. The second-order valence-electron chi connectivity index (χ2n) is 3.41. The second kappa shape index (κ2) is 4.38. The van der Waals surface area contributed by atoms with Gasteiger partial charge in [0.05, 0.1) is 11.1 Å². The first kappa shape index (κ1) is 11.3. The average Bonchev–Trinajstić information content (AvgIpc) is 2.87. The molecule has 0 aliphatic heterocycles. The zero-order valence-corrected chi connectivity index (χ0v) is 9.38. The Morgan fingerprint density at radius 1 is 1.59 bits per heavy atom.